The van der Waals surface area contributed by atoms with E-state index in [2.05, 4.69) is 15.3 Å². The maximum absolute atomic E-state index is 13.4. The lowest BCUT2D eigenvalue weighted by Crippen LogP contribution is -2.02. The smallest absolute Gasteiger partial charge is 0.222 e. The van der Waals surface area contributed by atoms with Crippen molar-refractivity contribution in [1.29, 1.82) is 0 Å². The second-order valence-electron chi connectivity index (χ2n) is 3.50. The van der Waals surface area contributed by atoms with Crippen molar-refractivity contribution in [2.75, 3.05) is 11.1 Å². The van der Waals surface area contributed by atoms with Crippen LogP contribution in [0.4, 0.5) is 26.2 Å². The van der Waals surface area contributed by atoms with Crippen LogP contribution in [0.2, 0.25) is 0 Å². The summed E-state index contributed by atoms with van der Waals surface area (Å²) in [5.41, 5.74) is 6.24. The molecule has 1 heterocycles. The van der Waals surface area contributed by atoms with Crippen LogP contribution in [0.5, 0.6) is 0 Å². The Balaban J connectivity index is 0.00000162. The topological polar surface area (TPSA) is 63.8 Å². The summed E-state index contributed by atoms with van der Waals surface area (Å²) in [4.78, 5) is 7.77. The van der Waals surface area contributed by atoms with Gasteiger partial charge in [0.05, 0.1) is 5.69 Å². The second kappa shape index (κ2) is 5.59. The lowest BCUT2D eigenvalue weighted by atomic mass is 10.3. The van der Waals surface area contributed by atoms with Gasteiger partial charge in [0.1, 0.15) is 17.5 Å². The van der Waals surface area contributed by atoms with Crippen molar-refractivity contribution in [3.63, 3.8) is 0 Å². The summed E-state index contributed by atoms with van der Waals surface area (Å²) in [6, 6.07) is 4.85. The number of benzene rings is 1. The van der Waals surface area contributed by atoms with E-state index in [4.69, 9.17) is 5.73 Å². The number of aromatic nitrogens is 2. The van der Waals surface area contributed by atoms with E-state index in [1.165, 1.54) is 6.07 Å². The quantitative estimate of drug-likeness (QED) is 0.882. The zero-order valence-corrected chi connectivity index (χ0v) is 10.3. The molecule has 2 aromatic rings. The summed E-state index contributed by atoms with van der Waals surface area (Å²) in [5.74, 6) is -0.873. The minimum Gasteiger partial charge on any atom is -0.368 e. The number of rotatable bonds is 2. The van der Waals surface area contributed by atoms with Gasteiger partial charge in [0.2, 0.25) is 5.95 Å². The molecule has 0 spiro atoms. The molecular weight excluding hydrogens is 262 g/mol. The largest absolute Gasteiger partial charge is 0.368 e. The lowest BCUT2D eigenvalue weighted by molar-refractivity contribution is 0.586. The Morgan fingerprint density at radius 1 is 1.17 bits per heavy atom. The van der Waals surface area contributed by atoms with Crippen LogP contribution in [-0.2, 0) is 0 Å². The molecule has 2 rings (SSSR count). The number of nitrogens with one attached hydrogen (secondary N) is 1. The molecule has 0 unspecified atom stereocenters. The van der Waals surface area contributed by atoms with Gasteiger partial charge >= 0.3 is 0 Å². The van der Waals surface area contributed by atoms with E-state index in [9.17, 15) is 8.78 Å². The first-order chi connectivity index (χ1) is 8.04. The zero-order valence-electron chi connectivity index (χ0n) is 9.45. The fraction of sp³-hybridized carbons (Fsp3) is 0.0909. The van der Waals surface area contributed by atoms with Crippen LogP contribution in [0.15, 0.2) is 24.3 Å². The van der Waals surface area contributed by atoms with Gasteiger partial charge in [-0.15, -0.1) is 12.4 Å². The van der Waals surface area contributed by atoms with Crippen molar-refractivity contribution >= 4 is 29.9 Å². The third-order valence-electron chi connectivity index (χ3n) is 2.07. The molecule has 0 radical (unpaired) electrons. The monoisotopic (exact) mass is 272 g/mol. The fourth-order valence-corrected chi connectivity index (χ4v) is 1.38. The summed E-state index contributed by atoms with van der Waals surface area (Å²) in [6.45, 7) is 1.74. The van der Waals surface area contributed by atoms with E-state index in [0.29, 0.717) is 11.5 Å². The highest BCUT2D eigenvalue weighted by molar-refractivity contribution is 5.85. The number of anilines is 3. The van der Waals surface area contributed by atoms with Gasteiger partial charge in [-0.25, -0.2) is 13.8 Å². The average molecular weight is 273 g/mol. The van der Waals surface area contributed by atoms with Crippen molar-refractivity contribution in [3.8, 4) is 0 Å². The molecule has 0 saturated carbocycles. The fourth-order valence-electron chi connectivity index (χ4n) is 1.38. The zero-order chi connectivity index (χ0) is 12.4. The van der Waals surface area contributed by atoms with Crippen molar-refractivity contribution in [2.45, 2.75) is 6.92 Å². The molecule has 3 N–H and O–H groups in total. The van der Waals surface area contributed by atoms with Crippen LogP contribution in [-0.4, -0.2) is 9.97 Å². The molecule has 0 aliphatic heterocycles. The molecule has 1 aromatic carbocycles. The van der Waals surface area contributed by atoms with Crippen LogP contribution < -0.4 is 11.1 Å². The van der Waals surface area contributed by atoms with Gasteiger partial charge in [-0.1, -0.05) is 0 Å². The molecule has 0 aliphatic rings. The van der Waals surface area contributed by atoms with Crippen molar-refractivity contribution in [3.05, 3.63) is 41.6 Å². The number of halogens is 3. The molecule has 18 heavy (non-hydrogen) atoms. The van der Waals surface area contributed by atoms with Crippen molar-refractivity contribution in [1.82, 2.24) is 9.97 Å². The third kappa shape index (κ3) is 3.27. The minimum absolute atomic E-state index is 0. The molecule has 0 saturated heterocycles. The van der Waals surface area contributed by atoms with E-state index >= 15 is 0 Å². The Morgan fingerprint density at radius 2 is 1.89 bits per heavy atom. The van der Waals surface area contributed by atoms with Crippen molar-refractivity contribution in [2.24, 2.45) is 0 Å². The predicted molar refractivity (Wildman–Crippen MR) is 68.1 cm³/mol. The molecule has 0 amide bonds. The first-order valence-corrected chi connectivity index (χ1v) is 4.88. The number of hydrogen-bond donors (Lipinski definition) is 2. The predicted octanol–water partition coefficient (Wildman–Crippen LogP) is 2.81. The van der Waals surface area contributed by atoms with Crippen LogP contribution in [0.25, 0.3) is 0 Å². The molecule has 4 nitrogen and oxygen atoms in total. The number of nitrogen functional groups attached to an aromatic ring is 1. The standard InChI is InChI=1S/C11H10F2N4.ClH/c1-6-4-10(17-11(14)15-6)16-9-3-2-7(12)5-8(9)13;/h2-5H,1H3,(H3,14,15,16,17);1H. The molecule has 0 bridgehead atoms. The molecule has 1 aromatic heterocycles. The Labute approximate surface area is 109 Å². The molecule has 0 fully saturated rings. The lowest BCUT2D eigenvalue weighted by Gasteiger charge is -2.07. The Hall–Kier alpha value is -1.95. The molecular formula is C11H11ClF2N4. The maximum atomic E-state index is 13.4. The highest BCUT2D eigenvalue weighted by Crippen LogP contribution is 2.20. The van der Waals surface area contributed by atoms with E-state index in [1.807, 2.05) is 0 Å². The van der Waals surface area contributed by atoms with Gasteiger partial charge in [0, 0.05) is 17.8 Å². The number of nitrogens with zero attached hydrogens (tertiary/aromatic N) is 2. The SMILES string of the molecule is Cc1cc(Nc2ccc(F)cc2F)nc(N)n1.Cl. The second-order valence-corrected chi connectivity index (χ2v) is 3.50. The van der Waals surface area contributed by atoms with E-state index in [1.54, 1.807) is 13.0 Å². The highest BCUT2D eigenvalue weighted by atomic mass is 35.5. The maximum Gasteiger partial charge on any atom is 0.222 e. The minimum atomic E-state index is -0.695. The summed E-state index contributed by atoms with van der Waals surface area (Å²) < 4.78 is 26.1. The van der Waals surface area contributed by atoms with Gasteiger partial charge < -0.3 is 11.1 Å². The normalized spacial score (nSPS) is 9.72. The van der Waals surface area contributed by atoms with Gasteiger partial charge in [-0.05, 0) is 19.1 Å². The molecule has 0 aliphatic carbocycles. The number of hydrogen-bond acceptors (Lipinski definition) is 4. The van der Waals surface area contributed by atoms with Crippen LogP contribution >= 0.6 is 12.4 Å². The Kier molecular flexibility index (Phi) is 4.38. The van der Waals surface area contributed by atoms with Crippen LogP contribution in [0.1, 0.15) is 5.69 Å². The van der Waals surface area contributed by atoms with E-state index in [0.717, 1.165) is 12.1 Å². The Bertz CT molecular complexity index is 542. The van der Waals surface area contributed by atoms with Gasteiger partial charge in [-0.3, -0.25) is 0 Å². The first kappa shape index (κ1) is 14.1. The van der Waals surface area contributed by atoms with Crippen LogP contribution in [0.3, 0.4) is 0 Å². The van der Waals surface area contributed by atoms with E-state index < -0.39 is 11.6 Å². The molecule has 96 valence electrons. The number of nitrogens with two attached hydrogens (primary N) is 1. The van der Waals surface area contributed by atoms with Gasteiger partial charge in [0.25, 0.3) is 0 Å². The summed E-state index contributed by atoms with van der Waals surface area (Å²) >= 11 is 0. The number of aryl methyl sites for hydroxylation is 1. The van der Waals surface area contributed by atoms with Gasteiger partial charge in [0.15, 0.2) is 0 Å². The molecule has 0 atom stereocenters. The third-order valence-corrected chi connectivity index (χ3v) is 2.07. The summed E-state index contributed by atoms with van der Waals surface area (Å²) in [6.07, 6.45) is 0. The summed E-state index contributed by atoms with van der Waals surface area (Å²) in [7, 11) is 0. The van der Waals surface area contributed by atoms with Crippen molar-refractivity contribution < 1.29 is 8.78 Å². The summed E-state index contributed by atoms with van der Waals surface area (Å²) in [5, 5.41) is 2.71. The highest BCUT2D eigenvalue weighted by Gasteiger charge is 2.05. The van der Waals surface area contributed by atoms with E-state index in [-0.39, 0.29) is 24.0 Å². The Morgan fingerprint density at radius 3 is 2.50 bits per heavy atom. The first-order valence-electron chi connectivity index (χ1n) is 4.88. The van der Waals surface area contributed by atoms with Crippen LogP contribution in [0, 0.1) is 18.6 Å². The average Bonchev–Trinajstić information content (AvgIpc) is 2.21. The molecule has 7 heteroatoms. The van der Waals surface area contributed by atoms with Gasteiger partial charge in [-0.2, -0.15) is 4.98 Å².